The summed E-state index contributed by atoms with van der Waals surface area (Å²) >= 11 is 3.33. The molecule has 0 N–H and O–H groups in total. The third kappa shape index (κ3) is 2.91. The molecule has 0 aliphatic carbocycles. The van der Waals surface area contributed by atoms with Crippen LogP contribution in [0.5, 0.6) is 5.75 Å². The van der Waals surface area contributed by atoms with Gasteiger partial charge in [0.25, 0.3) is 0 Å². The fourth-order valence-corrected chi connectivity index (χ4v) is 2.02. The number of ether oxygens (including phenoxy) is 2. The predicted octanol–water partition coefficient (Wildman–Crippen LogP) is 4.02. The molecular formula is C13H15BrO4. The van der Waals surface area contributed by atoms with Gasteiger partial charge in [-0.3, -0.25) is 4.79 Å². The SMILES string of the molecule is CC.COCOc1c(C=O)cc(Br)c2occc12. The van der Waals surface area contributed by atoms with E-state index in [1.165, 1.54) is 7.11 Å². The lowest BCUT2D eigenvalue weighted by atomic mass is 10.1. The number of rotatable bonds is 4. The molecule has 1 aromatic heterocycles. The van der Waals surface area contributed by atoms with Gasteiger partial charge >= 0.3 is 0 Å². The number of fused-ring (bicyclic) bond motifs is 1. The Morgan fingerprint density at radius 1 is 1.44 bits per heavy atom. The highest BCUT2D eigenvalue weighted by Crippen LogP contribution is 2.35. The third-order valence-corrected chi connectivity index (χ3v) is 2.71. The lowest BCUT2D eigenvalue weighted by Gasteiger charge is -2.08. The molecule has 98 valence electrons. The summed E-state index contributed by atoms with van der Waals surface area (Å²) in [5, 5.41) is 0.744. The molecule has 0 saturated heterocycles. The highest BCUT2D eigenvalue weighted by molar-refractivity contribution is 9.10. The van der Waals surface area contributed by atoms with E-state index in [4.69, 9.17) is 13.9 Å². The molecule has 18 heavy (non-hydrogen) atoms. The van der Waals surface area contributed by atoms with Crippen LogP contribution >= 0.6 is 15.9 Å². The van der Waals surface area contributed by atoms with E-state index in [1.807, 2.05) is 13.8 Å². The number of carbonyl (C=O) groups is 1. The van der Waals surface area contributed by atoms with Gasteiger partial charge in [-0.05, 0) is 28.1 Å². The summed E-state index contributed by atoms with van der Waals surface area (Å²) in [6.07, 6.45) is 2.28. The van der Waals surface area contributed by atoms with Crippen LogP contribution in [0.25, 0.3) is 11.0 Å². The monoisotopic (exact) mass is 314 g/mol. The average Bonchev–Trinajstić information content (AvgIpc) is 2.89. The van der Waals surface area contributed by atoms with Crippen LogP contribution in [0.2, 0.25) is 0 Å². The van der Waals surface area contributed by atoms with Gasteiger partial charge in [-0.25, -0.2) is 0 Å². The smallest absolute Gasteiger partial charge is 0.188 e. The summed E-state index contributed by atoms with van der Waals surface area (Å²) in [7, 11) is 1.52. The first kappa shape index (κ1) is 14.7. The number of furan rings is 1. The van der Waals surface area contributed by atoms with Gasteiger partial charge in [-0.2, -0.15) is 0 Å². The van der Waals surface area contributed by atoms with Gasteiger partial charge in [-0.15, -0.1) is 0 Å². The average molecular weight is 315 g/mol. The van der Waals surface area contributed by atoms with Crippen molar-refractivity contribution < 1.29 is 18.7 Å². The summed E-state index contributed by atoms with van der Waals surface area (Å²) in [4.78, 5) is 10.9. The zero-order chi connectivity index (χ0) is 13.5. The highest BCUT2D eigenvalue weighted by Gasteiger charge is 2.14. The van der Waals surface area contributed by atoms with Crippen LogP contribution in [0, 0.1) is 0 Å². The van der Waals surface area contributed by atoms with Crippen LogP contribution in [0.4, 0.5) is 0 Å². The minimum absolute atomic E-state index is 0.0861. The summed E-state index contributed by atoms with van der Waals surface area (Å²) in [5.74, 6) is 0.476. The number of aldehydes is 1. The van der Waals surface area contributed by atoms with E-state index in [0.717, 1.165) is 16.1 Å². The Balaban J connectivity index is 0.000000771. The van der Waals surface area contributed by atoms with E-state index in [9.17, 15) is 4.79 Å². The Morgan fingerprint density at radius 2 is 2.17 bits per heavy atom. The normalized spacial score (nSPS) is 9.78. The maximum atomic E-state index is 10.9. The Morgan fingerprint density at radius 3 is 2.78 bits per heavy atom. The minimum atomic E-state index is 0.0861. The molecule has 5 heteroatoms. The number of hydrogen-bond donors (Lipinski definition) is 0. The first-order chi connectivity index (χ1) is 8.77. The van der Waals surface area contributed by atoms with Crippen LogP contribution in [0.3, 0.4) is 0 Å². The predicted molar refractivity (Wildman–Crippen MR) is 73.2 cm³/mol. The molecule has 1 aromatic carbocycles. The van der Waals surface area contributed by atoms with Crippen LogP contribution in [-0.4, -0.2) is 20.2 Å². The van der Waals surface area contributed by atoms with Gasteiger partial charge in [0.05, 0.1) is 21.7 Å². The second-order valence-electron chi connectivity index (χ2n) is 3.11. The van der Waals surface area contributed by atoms with Crippen LogP contribution < -0.4 is 4.74 Å². The number of carbonyl (C=O) groups excluding carboxylic acids is 1. The molecule has 2 rings (SSSR count). The molecule has 0 saturated carbocycles. The molecule has 4 nitrogen and oxygen atoms in total. The van der Waals surface area contributed by atoms with Crippen molar-refractivity contribution >= 4 is 33.2 Å². The van der Waals surface area contributed by atoms with Gasteiger partial charge in [-0.1, -0.05) is 13.8 Å². The maximum absolute atomic E-state index is 10.9. The van der Waals surface area contributed by atoms with Crippen molar-refractivity contribution in [1.29, 1.82) is 0 Å². The number of halogens is 1. The summed E-state index contributed by atoms with van der Waals surface area (Å²) in [6.45, 7) is 4.09. The van der Waals surface area contributed by atoms with Crippen molar-refractivity contribution in [3.8, 4) is 5.75 Å². The van der Waals surface area contributed by atoms with Gasteiger partial charge < -0.3 is 13.9 Å². The van der Waals surface area contributed by atoms with Crippen molar-refractivity contribution in [2.75, 3.05) is 13.9 Å². The lowest BCUT2D eigenvalue weighted by Crippen LogP contribution is -2.01. The molecule has 0 bridgehead atoms. The van der Waals surface area contributed by atoms with Crippen molar-refractivity contribution in [2.24, 2.45) is 0 Å². The fourth-order valence-electron chi connectivity index (χ4n) is 1.46. The van der Waals surface area contributed by atoms with Crippen LogP contribution in [-0.2, 0) is 4.74 Å². The standard InChI is InChI=1S/C11H9BrO4.C2H6/c1-14-6-16-10-7(5-13)4-9(12)11-8(10)2-3-15-11;1-2/h2-5H,6H2,1H3;1-2H3. The number of hydrogen-bond acceptors (Lipinski definition) is 4. The fraction of sp³-hybridized carbons (Fsp3) is 0.308. The van der Waals surface area contributed by atoms with Gasteiger partial charge in [0, 0.05) is 7.11 Å². The van der Waals surface area contributed by atoms with Crippen molar-refractivity contribution in [3.05, 3.63) is 28.4 Å². The van der Waals surface area contributed by atoms with Crippen LogP contribution in [0.15, 0.2) is 27.3 Å². The molecule has 0 atom stereocenters. The lowest BCUT2D eigenvalue weighted by molar-refractivity contribution is 0.0516. The van der Waals surface area contributed by atoms with Gasteiger partial charge in [0.15, 0.2) is 18.7 Å². The zero-order valence-electron chi connectivity index (χ0n) is 10.5. The second kappa shape index (κ2) is 7.18. The zero-order valence-corrected chi connectivity index (χ0v) is 12.1. The molecule has 0 aliphatic rings. The number of methoxy groups -OCH3 is 1. The molecule has 0 fully saturated rings. The summed E-state index contributed by atoms with van der Waals surface area (Å²) in [5.41, 5.74) is 1.11. The minimum Gasteiger partial charge on any atom is -0.466 e. The first-order valence-corrected chi connectivity index (χ1v) is 6.34. The van der Waals surface area contributed by atoms with Crippen molar-refractivity contribution in [2.45, 2.75) is 13.8 Å². The quantitative estimate of drug-likeness (QED) is 0.632. The van der Waals surface area contributed by atoms with E-state index in [-0.39, 0.29) is 6.79 Å². The maximum Gasteiger partial charge on any atom is 0.188 e. The molecular weight excluding hydrogens is 300 g/mol. The third-order valence-electron chi connectivity index (χ3n) is 2.12. The van der Waals surface area contributed by atoms with Crippen LogP contribution in [0.1, 0.15) is 24.2 Å². The van der Waals surface area contributed by atoms with Crippen molar-refractivity contribution in [1.82, 2.24) is 0 Å². The van der Waals surface area contributed by atoms with E-state index in [1.54, 1.807) is 18.4 Å². The molecule has 1 heterocycles. The molecule has 0 radical (unpaired) electrons. The van der Waals surface area contributed by atoms with Gasteiger partial charge in [0.2, 0.25) is 0 Å². The summed E-state index contributed by atoms with van der Waals surface area (Å²) < 4.78 is 16.2. The van der Waals surface area contributed by atoms with E-state index < -0.39 is 0 Å². The molecule has 0 aliphatic heterocycles. The summed E-state index contributed by atoms with van der Waals surface area (Å²) in [6, 6.07) is 3.40. The van der Waals surface area contributed by atoms with E-state index in [0.29, 0.717) is 16.9 Å². The molecule has 0 unspecified atom stereocenters. The first-order valence-electron chi connectivity index (χ1n) is 5.54. The molecule has 0 spiro atoms. The highest BCUT2D eigenvalue weighted by atomic mass is 79.9. The van der Waals surface area contributed by atoms with E-state index >= 15 is 0 Å². The Bertz CT molecular complexity index is 519. The second-order valence-corrected chi connectivity index (χ2v) is 3.96. The topological polar surface area (TPSA) is 48.7 Å². The molecule has 2 aromatic rings. The van der Waals surface area contributed by atoms with E-state index in [2.05, 4.69) is 15.9 Å². The van der Waals surface area contributed by atoms with Crippen molar-refractivity contribution in [3.63, 3.8) is 0 Å². The van der Waals surface area contributed by atoms with Gasteiger partial charge in [0.1, 0.15) is 5.75 Å². The largest absolute Gasteiger partial charge is 0.466 e. The Labute approximate surface area is 114 Å². The Hall–Kier alpha value is -1.33. The Kier molecular flexibility index (Phi) is 5.88. The molecule has 0 amide bonds. The number of benzene rings is 1.